The molecule has 6 nitrogen and oxygen atoms in total. The van der Waals surface area contributed by atoms with Gasteiger partial charge >= 0.3 is 12.0 Å². The molecule has 2 amide bonds. The van der Waals surface area contributed by atoms with E-state index in [9.17, 15) is 19.8 Å². The lowest BCUT2D eigenvalue weighted by Gasteiger charge is -2.21. The van der Waals surface area contributed by atoms with Crippen molar-refractivity contribution in [1.82, 2.24) is 10.2 Å². The first-order valence-corrected chi connectivity index (χ1v) is 7.52. The third kappa shape index (κ3) is 4.25. The van der Waals surface area contributed by atoms with Crippen LogP contribution in [0.15, 0.2) is 18.2 Å². The summed E-state index contributed by atoms with van der Waals surface area (Å²) in [6.45, 7) is 0.612. The Hall–Kier alpha value is -1.50. The number of aliphatic hydroxyl groups excluding tert-OH is 1. The first kappa shape index (κ1) is 16.9. The Morgan fingerprint density at radius 1 is 1.41 bits per heavy atom. The Kier molecular flexibility index (Phi) is 5.50. The zero-order valence-electron chi connectivity index (χ0n) is 11.6. The molecular weight excluding hydrogens is 331 g/mol. The van der Waals surface area contributed by atoms with Gasteiger partial charge in [0.15, 0.2) is 0 Å². The molecule has 1 saturated heterocycles. The lowest BCUT2D eigenvalue weighted by atomic mass is 10.1. The van der Waals surface area contributed by atoms with Crippen molar-refractivity contribution in [1.29, 1.82) is 0 Å². The minimum absolute atomic E-state index is 0.0491. The fraction of sp³-hybridized carbons (Fsp3) is 0.429. The molecule has 0 radical (unpaired) electrons. The number of nitrogens with zero attached hydrogens (tertiary/aromatic N) is 1. The summed E-state index contributed by atoms with van der Waals surface area (Å²) in [6.07, 6.45) is -0.0125. The second-order valence-electron chi connectivity index (χ2n) is 5.17. The highest BCUT2D eigenvalue weighted by atomic mass is 35.5. The number of β-amino-alcohol motifs (C(OH)–C–C–N with tert-alkyl or cyclic N) is 1. The number of hydrogen-bond acceptors (Lipinski definition) is 3. The van der Waals surface area contributed by atoms with Crippen LogP contribution in [0.5, 0.6) is 0 Å². The summed E-state index contributed by atoms with van der Waals surface area (Å²) >= 11 is 11.8. The SMILES string of the molecule is O=C(O)[C@@H](Cc1ccc(Cl)cc1Cl)NC(=O)N1CC[C@@H](O)C1. The largest absolute Gasteiger partial charge is 0.480 e. The second-order valence-corrected chi connectivity index (χ2v) is 6.01. The molecule has 0 saturated carbocycles. The number of halogens is 2. The number of benzene rings is 1. The Bertz CT molecular complexity index is 582. The number of carbonyl (C=O) groups is 2. The lowest BCUT2D eigenvalue weighted by molar-refractivity contribution is -0.139. The van der Waals surface area contributed by atoms with Crippen LogP contribution in [-0.4, -0.2) is 52.3 Å². The second kappa shape index (κ2) is 7.17. The molecule has 1 aliphatic rings. The van der Waals surface area contributed by atoms with Gasteiger partial charge in [0.2, 0.25) is 0 Å². The van der Waals surface area contributed by atoms with Crippen molar-refractivity contribution in [2.75, 3.05) is 13.1 Å². The monoisotopic (exact) mass is 346 g/mol. The molecule has 120 valence electrons. The van der Waals surface area contributed by atoms with Gasteiger partial charge in [0.1, 0.15) is 6.04 Å². The summed E-state index contributed by atoms with van der Waals surface area (Å²) in [5.41, 5.74) is 0.584. The molecule has 3 N–H and O–H groups in total. The predicted molar refractivity (Wildman–Crippen MR) is 82.3 cm³/mol. The Balaban J connectivity index is 2.03. The zero-order valence-corrected chi connectivity index (χ0v) is 13.1. The molecular formula is C14H16Cl2N2O4. The van der Waals surface area contributed by atoms with Gasteiger partial charge in [-0.15, -0.1) is 0 Å². The number of carboxylic acids is 1. The molecule has 1 aliphatic heterocycles. The molecule has 0 spiro atoms. The fourth-order valence-corrected chi connectivity index (χ4v) is 2.76. The summed E-state index contributed by atoms with van der Waals surface area (Å²) in [5, 5.41) is 22.0. The van der Waals surface area contributed by atoms with Gasteiger partial charge < -0.3 is 20.4 Å². The maximum Gasteiger partial charge on any atom is 0.326 e. The minimum Gasteiger partial charge on any atom is -0.480 e. The Labute approximate surface area is 137 Å². The molecule has 8 heteroatoms. The first-order chi connectivity index (χ1) is 10.4. The molecule has 0 bridgehead atoms. The summed E-state index contributed by atoms with van der Waals surface area (Å²) in [5.74, 6) is -1.15. The number of urea groups is 1. The van der Waals surface area contributed by atoms with Gasteiger partial charge in [-0.25, -0.2) is 9.59 Å². The van der Waals surface area contributed by atoms with Gasteiger partial charge in [-0.2, -0.15) is 0 Å². The van der Waals surface area contributed by atoms with E-state index in [1.165, 1.54) is 11.0 Å². The third-order valence-corrected chi connectivity index (χ3v) is 4.07. The highest BCUT2D eigenvalue weighted by molar-refractivity contribution is 6.35. The van der Waals surface area contributed by atoms with Crippen LogP contribution in [0.25, 0.3) is 0 Å². The number of carboxylic acid groups (broad SMARTS) is 1. The quantitative estimate of drug-likeness (QED) is 0.774. The van der Waals surface area contributed by atoms with Crippen molar-refractivity contribution in [3.05, 3.63) is 33.8 Å². The maximum atomic E-state index is 12.0. The summed E-state index contributed by atoms with van der Waals surface area (Å²) in [6, 6.07) is 3.15. The van der Waals surface area contributed by atoms with Gasteiger partial charge in [-0.3, -0.25) is 0 Å². The highest BCUT2D eigenvalue weighted by Crippen LogP contribution is 2.22. The fourth-order valence-electron chi connectivity index (χ4n) is 2.27. The molecule has 1 heterocycles. The van der Waals surface area contributed by atoms with Crippen LogP contribution in [0.1, 0.15) is 12.0 Å². The number of amides is 2. The van der Waals surface area contributed by atoms with Gasteiger partial charge in [-0.05, 0) is 24.1 Å². The number of aliphatic hydroxyl groups is 1. The number of nitrogens with one attached hydrogen (secondary N) is 1. The van der Waals surface area contributed by atoms with E-state index in [4.69, 9.17) is 23.2 Å². The Morgan fingerprint density at radius 3 is 2.68 bits per heavy atom. The number of aliphatic carboxylic acids is 1. The Morgan fingerprint density at radius 2 is 2.14 bits per heavy atom. The zero-order chi connectivity index (χ0) is 16.3. The molecule has 2 atom stereocenters. The average molecular weight is 347 g/mol. The average Bonchev–Trinajstić information content (AvgIpc) is 2.87. The van der Waals surface area contributed by atoms with Crippen LogP contribution in [0.2, 0.25) is 10.0 Å². The van der Waals surface area contributed by atoms with Gasteiger partial charge in [0.05, 0.1) is 6.10 Å². The highest BCUT2D eigenvalue weighted by Gasteiger charge is 2.28. The van der Waals surface area contributed by atoms with E-state index in [0.717, 1.165) is 0 Å². The van der Waals surface area contributed by atoms with Crippen molar-refractivity contribution in [3.63, 3.8) is 0 Å². The van der Waals surface area contributed by atoms with Gasteiger partial charge in [0, 0.05) is 29.6 Å². The predicted octanol–water partition coefficient (Wildman–Crippen LogP) is 1.77. The van der Waals surface area contributed by atoms with Crippen LogP contribution in [-0.2, 0) is 11.2 Å². The molecule has 1 fully saturated rings. The third-order valence-electron chi connectivity index (χ3n) is 3.49. The number of likely N-dealkylation sites (tertiary alicyclic amines) is 1. The molecule has 1 aromatic carbocycles. The van der Waals surface area contributed by atoms with Crippen molar-refractivity contribution in [2.24, 2.45) is 0 Å². The summed E-state index contributed by atoms with van der Waals surface area (Å²) in [7, 11) is 0. The van der Waals surface area contributed by atoms with E-state index in [1.807, 2.05) is 0 Å². The van der Waals surface area contributed by atoms with Gasteiger partial charge in [0.25, 0.3) is 0 Å². The first-order valence-electron chi connectivity index (χ1n) is 6.77. The van der Waals surface area contributed by atoms with Gasteiger partial charge in [-0.1, -0.05) is 29.3 Å². The lowest BCUT2D eigenvalue weighted by Crippen LogP contribution is -2.48. The van der Waals surface area contributed by atoms with Crippen LogP contribution >= 0.6 is 23.2 Å². The normalized spacial score (nSPS) is 19.0. The minimum atomic E-state index is -1.15. The van der Waals surface area contributed by atoms with Crippen molar-refractivity contribution in [2.45, 2.75) is 25.0 Å². The number of hydrogen-bond donors (Lipinski definition) is 3. The van der Waals surface area contributed by atoms with E-state index in [2.05, 4.69) is 5.32 Å². The molecule has 2 rings (SSSR count). The van der Waals surface area contributed by atoms with Crippen LogP contribution in [0.4, 0.5) is 4.79 Å². The van der Waals surface area contributed by atoms with Crippen LogP contribution < -0.4 is 5.32 Å². The van der Waals surface area contributed by atoms with E-state index in [-0.39, 0.29) is 13.0 Å². The van der Waals surface area contributed by atoms with Crippen LogP contribution in [0, 0.1) is 0 Å². The van der Waals surface area contributed by atoms with Crippen molar-refractivity contribution >= 4 is 35.2 Å². The van der Waals surface area contributed by atoms with E-state index in [0.29, 0.717) is 28.6 Å². The molecule has 22 heavy (non-hydrogen) atoms. The molecule has 0 unspecified atom stereocenters. The summed E-state index contributed by atoms with van der Waals surface area (Å²) in [4.78, 5) is 24.8. The smallest absolute Gasteiger partial charge is 0.326 e. The number of carbonyl (C=O) groups excluding carboxylic acids is 1. The molecule has 0 aromatic heterocycles. The molecule has 1 aromatic rings. The maximum absolute atomic E-state index is 12.0. The van der Waals surface area contributed by atoms with E-state index in [1.54, 1.807) is 12.1 Å². The van der Waals surface area contributed by atoms with Crippen molar-refractivity contribution < 1.29 is 19.8 Å². The van der Waals surface area contributed by atoms with Crippen molar-refractivity contribution in [3.8, 4) is 0 Å². The van der Waals surface area contributed by atoms with E-state index < -0.39 is 24.1 Å². The van der Waals surface area contributed by atoms with E-state index >= 15 is 0 Å². The molecule has 0 aliphatic carbocycles. The summed E-state index contributed by atoms with van der Waals surface area (Å²) < 4.78 is 0. The number of rotatable bonds is 4. The topological polar surface area (TPSA) is 89.9 Å². The standard InChI is InChI=1S/C14H16Cl2N2O4/c15-9-2-1-8(11(16)6-9)5-12(13(20)21)17-14(22)18-4-3-10(19)7-18/h1-2,6,10,12,19H,3-5,7H2,(H,17,22)(H,20,21)/t10-,12-/m1/s1. The van der Waals surface area contributed by atoms with Crippen LogP contribution in [0.3, 0.4) is 0 Å².